The molecule has 3 heteroatoms. The van der Waals surface area contributed by atoms with Crippen LogP contribution in [0.2, 0.25) is 0 Å². The summed E-state index contributed by atoms with van der Waals surface area (Å²) in [6.07, 6.45) is 12.2. The molecule has 0 saturated heterocycles. The van der Waals surface area contributed by atoms with E-state index in [1.165, 1.54) is 5.57 Å². The van der Waals surface area contributed by atoms with Crippen LogP contribution in [0, 0.1) is 28.6 Å². The number of fused-ring (bicyclic) bond motifs is 5. The van der Waals surface area contributed by atoms with Gasteiger partial charge in [-0.3, -0.25) is 0 Å². The summed E-state index contributed by atoms with van der Waals surface area (Å²) in [5.74, 6) is 1.49. The Kier molecular flexibility index (Phi) is 2.96. The van der Waals surface area contributed by atoms with Crippen molar-refractivity contribution in [2.45, 2.75) is 51.7 Å². The maximum Gasteiger partial charge on any atom is 0.0962 e. The van der Waals surface area contributed by atoms with E-state index in [1.54, 1.807) is 0 Å². The first-order valence-electron chi connectivity index (χ1n) is 8.62. The third kappa shape index (κ3) is 1.70. The van der Waals surface area contributed by atoms with Gasteiger partial charge in [-0.15, -0.1) is 0 Å². The molecule has 0 amide bonds. The predicted octanol–water partition coefficient (Wildman–Crippen LogP) is 3.08. The van der Waals surface area contributed by atoms with Crippen molar-refractivity contribution in [2.24, 2.45) is 34.3 Å². The van der Waals surface area contributed by atoms with Gasteiger partial charge in [-0.05, 0) is 54.6 Å². The molecule has 4 aliphatic rings. The lowest BCUT2D eigenvalue weighted by molar-refractivity contribution is -0.0525. The number of allylic oxidation sites excluding steroid dienone is 4. The van der Waals surface area contributed by atoms with Crippen LogP contribution in [0.25, 0.3) is 0 Å². The Morgan fingerprint density at radius 3 is 2.73 bits per heavy atom. The van der Waals surface area contributed by atoms with E-state index in [-0.39, 0.29) is 28.9 Å². The molecule has 4 aliphatic carbocycles. The van der Waals surface area contributed by atoms with Crippen LogP contribution in [0.1, 0.15) is 39.5 Å². The number of nitrogens with two attached hydrogens (primary N) is 1. The van der Waals surface area contributed by atoms with Gasteiger partial charge in [0.25, 0.3) is 0 Å². The lowest BCUT2D eigenvalue weighted by atomic mass is 9.49. The van der Waals surface area contributed by atoms with Gasteiger partial charge in [-0.2, -0.15) is 0 Å². The van der Waals surface area contributed by atoms with Gasteiger partial charge in [0.05, 0.1) is 11.9 Å². The Morgan fingerprint density at radius 2 is 1.95 bits per heavy atom. The Labute approximate surface area is 132 Å². The Bertz CT molecular complexity index is 592. The van der Waals surface area contributed by atoms with E-state index in [1.807, 2.05) is 6.08 Å². The highest BCUT2D eigenvalue weighted by molar-refractivity contribution is 5.43. The molecule has 120 valence electrons. The summed E-state index contributed by atoms with van der Waals surface area (Å²) in [7, 11) is 0. The maximum atomic E-state index is 10.8. The lowest BCUT2D eigenvalue weighted by Crippen LogP contribution is -2.50. The van der Waals surface area contributed by atoms with Crippen LogP contribution in [0.15, 0.2) is 35.6 Å². The molecule has 0 aromatic heterocycles. The molecule has 0 aliphatic heterocycles. The largest absolute Gasteiger partial charge is 0.512 e. The molecule has 7 atom stereocenters. The van der Waals surface area contributed by atoms with Crippen molar-refractivity contribution in [3.63, 3.8) is 0 Å². The minimum Gasteiger partial charge on any atom is -0.512 e. The van der Waals surface area contributed by atoms with Crippen LogP contribution in [0.3, 0.4) is 0 Å². The topological polar surface area (TPSA) is 66.5 Å². The highest BCUT2D eigenvalue weighted by Gasteiger charge is 2.59. The molecular formula is C19H27NO2. The Morgan fingerprint density at radius 1 is 1.18 bits per heavy atom. The molecule has 3 nitrogen and oxygen atoms in total. The van der Waals surface area contributed by atoms with Crippen molar-refractivity contribution in [1.82, 2.24) is 0 Å². The third-order valence-electron chi connectivity index (χ3n) is 7.29. The summed E-state index contributed by atoms with van der Waals surface area (Å²) in [4.78, 5) is 0. The average Bonchev–Trinajstić information content (AvgIpc) is 2.77. The SMILES string of the molecule is C[C@]12C=CC(N)C=C1C=C(O)[C@@H]1[C@@H]2CC[C@]2(C)C(O)CC[C@@H]12. The van der Waals surface area contributed by atoms with Crippen LogP contribution in [0.4, 0.5) is 0 Å². The number of hydrogen-bond acceptors (Lipinski definition) is 3. The summed E-state index contributed by atoms with van der Waals surface area (Å²) >= 11 is 0. The standard InChI is InChI=1S/C19H27NO2/c1-18-7-5-12(20)9-11(18)10-15(21)17-13-3-4-16(22)19(13,2)8-6-14(17)18/h5,7,9-10,12-14,16-17,21-22H,3-4,6,8,20H2,1-2H3/t12?,13-,14-,16?,17-,18-,19-/m0/s1. The molecule has 0 bridgehead atoms. The Hall–Kier alpha value is -1.06. The summed E-state index contributed by atoms with van der Waals surface area (Å²) in [6, 6.07) is -0.0502. The third-order valence-corrected chi connectivity index (χ3v) is 7.29. The van der Waals surface area contributed by atoms with E-state index >= 15 is 0 Å². The number of hydrogen-bond donors (Lipinski definition) is 3. The van der Waals surface area contributed by atoms with Crippen molar-refractivity contribution in [3.8, 4) is 0 Å². The summed E-state index contributed by atoms with van der Waals surface area (Å²) in [5.41, 5.74) is 7.14. The van der Waals surface area contributed by atoms with E-state index in [4.69, 9.17) is 5.73 Å². The molecule has 0 radical (unpaired) electrons. The fourth-order valence-corrected chi connectivity index (χ4v) is 5.84. The molecule has 2 saturated carbocycles. The molecule has 0 aromatic carbocycles. The molecule has 4 N–H and O–H groups in total. The fraction of sp³-hybridized carbons (Fsp3) is 0.684. The summed E-state index contributed by atoms with van der Waals surface area (Å²) in [5, 5.41) is 21.2. The van der Waals surface area contributed by atoms with Gasteiger partial charge in [-0.1, -0.05) is 32.1 Å². The molecular weight excluding hydrogens is 274 g/mol. The molecule has 2 unspecified atom stereocenters. The minimum absolute atomic E-state index is 0.0262. The van der Waals surface area contributed by atoms with Gasteiger partial charge in [0.15, 0.2) is 0 Å². The van der Waals surface area contributed by atoms with Crippen molar-refractivity contribution in [2.75, 3.05) is 0 Å². The van der Waals surface area contributed by atoms with E-state index < -0.39 is 0 Å². The van der Waals surface area contributed by atoms with Gasteiger partial charge in [0.2, 0.25) is 0 Å². The van der Waals surface area contributed by atoms with Crippen molar-refractivity contribution in [1.29, 1.82) is 0 Å². The predicted molar refractivity (Wildman–Crippen MR) is 87.1 cm³/mol. The van der Waals surface area contributed by atoms with Crippen LogP contribution in [-0.4, -0.2) is 22.4 Å². The van der Waals surface area contributed by atoms with Gasteiger partial charge >= 0.3 is 0 Å². The van der Waals surface area contributed by atoms with Crippen molar-refractivity contribution >= 4 is 0 Å². The van der Waals surface area contributed by atoms with Crippen LogP contribution < -0.4 is 5.73 Å². The fourth-order valence-electron chi connectivity index (χ4n) is 5.84. The van der Waals surface area contributed by atoms with Crippen LogP contribution in [0.5, 0.6) is 0 Å². The molecule has 0 spiro atoms. The smallest absolute Gasteiger partial charge is 0.0962 e. The van der Waals surface area contributed by atoms with E-state index in [0.717, 1.165) is 25.7 Å². The average molecular weight is 301 g/mol. The number of aliphatic hydroxyl groups excluding tert-OH is 2. The zero-order valence-corrected chi connectivity index (χ0v) is 13.5. The van der Waals surface area contributed by atoms with Gasteiger partial charge in [0.1, 0.15) is 0 Å². The van der Waals surface area contributed by atoms with Gasteiger partial charge in [0, 0.05) is 17.4 Å². The van der Waals surface area contributed by atoms with E-state index in [9.17, 15) is 10.2 Å². The normalized spacial score (nSPS) is 53.2. The Balaban J connectivity index is 1.80. The second-order valence-electron chi connectivity index (χ2n) is 8.29. The first kappa shape index (κ1) is 14.5. The zero-order chi connectivity index (χ0) is 15.7. The van der Waals surface area contributed by atoms with Gasteiger partial charge < -0.3 is 15.9 Å². The molecule has 22 heavy (non-hydrogen) atoms. The van der Waals surface area contributed by atoms with Crippen molar-refractivity contribution < 1.29 is 10.2 Å². The zero-order valence-electron chi connectivity index (χ0n) is 13.5. The van der Waals surface area contributed by atoms with Crippen LogP contribution in [-0.2, 0) is 0 Å². The summed E-state index contributed by atoms with van der Waals surface area (Å²) < 4.78 is 0. The highest BCUT2D eigenvalue weighted by Crippen LogP contribution is 2.64. The second kappa shape index (κ2) is 4.48. The van der Waals surface area contributed by atoms with Crippen molar-refractivity contribution in [3.05, 3.63) is 35.6 Å². The monoisotopic (exact) mass is 301 g/mol. The van der Waals surface area contributed by atoms with E-state index in [0.29, 0.717) is 17.6 Å². The number of rotatable bonds is 0. The molecule has 2 fully saturated rings. The molecule has 4 rings (SSSR count). The van der Waals surface area contributed by atoms with E-state index in [2.05, 4.69) is 32.1 Å². The highest BCUT2D eigenvalue weighted by atomic mass is 16.3. The molecule has 0 aromatic rings. The number of aliphatic hydroxyl groups is 2. The first-order valence-corrected chi connectivity index (χ1v) is 8.62. The summed E-state index contributed by atoms with van der Waals surface area (Å²) in [6.45, 7) is 4.51. The lowest BCUT2D eigenvalue weighted by Gasteiger charge is -2.55. The second-order valence-corrected chi connectivity index (χ2v) is 8.29. The first-order chi connectivity index (χ1) is 10.4. The minimum atomic E-state index is -0.216. The quantitative estimate of drug-likeness (QED) is 0.602. The maximum absolute atomic E-state index is 10.8. The van der Waals surface area contributed by atoms with Gasteiger partial charge in [-0.25, -0.2) is 0 Å². The molecule has 0 heterocycles. The van der Waals surface area contributed by atoms with Crippen LogP contribution >= 0.6 is 0 Å².